The number of allylic oxidation sites excluding steroid dienone is 1. The third kappa shape index (κ3) is 4.16. The number of amides is 1. The molecule has 8 heteroatoms. The van der Waals surface area contributed by atoms with Crippen LogP contribution in [0, 0.1) is 11.3 Å². The van der Waals surface area contributed by atoms with Crippen LogP contribution in [0.15, 0.2) is 59.1 Å². The van der Waals surface area contributed by atoms with Crippen molar-refractivity contribution in [2.75, 3.05) is 31.2 Å². The fraction of sp³-hybridized carbons (Fsp3) is 0.292. The van der Waals surface area contributed by atoms with Gasteiger partial charge in [0.15, 0.2) is 0 Å². The summed E-state index contributed by atoms with van der Waals surface area (Å²) < 4.78 is 10.3. The Balaban J connectivity index is 1.57. The van der Waals surface area contributed by atoms with E-state index in [9.17, 15) is 14.9 Å². The molecule has 1 amide bonds. The molecule has 0 unspecified atom stereocenters. The lowest BCUT2D eigenvalue weighted by Crippen LogP contribution is -2.47. The molecule has 4 rings (SSSR count). The van der Waals surface area contributed by atoms with Crippen molar-refractivity contribution in [2.24, 2.45) is 0 Å². The average molecular weight is 450 g/mol. The fourth-order valence-corrected chi connectivity index (χ4v) is 5.06. The van der Waals surface area contributed by atoms with Gasteiger partial charge in [-0.25, -0.2) is 4.79 Å². The second-order valence-corrected chi connectivity index (χ2v) is 8.34. The van der Waals surface area contributed by atoms with Gasteiger partial charge in [0, 0.05) is 18.0 Å². The normalized spacial score (nSPS) is 18.2. The molecule has 2 aliphatic rings. The van der Waals surface area contributed by atoms with Crippen LogP contribution in [0.3, 0.4) is 0 Å². The van der Waals surface area contributed by atoms with Crippen molar-refractivity contribution in [3.05, 3.63) is 70.3 Å². The maximum atomic E-state index is 13.1. The number of nitriles is 1. The van der Waals surface area contributed by atoms with Crippen LogP contribution >= 0.6 is 11.8 Å². The van der Waals surface area contributed by atoms with Crippen LogP contribution in [0.4, 0.5) is 5.69 Å². The van der Waals surface area contributed by atoms with Gasteiger partial charge in [0.05, 0.1) is 48.5 Å². The van der Waals surface area contributed by atoms with Crippen molar-refractivity contribution in [3.8, 4) is 11.8 Å². The predicted octanol–water partition coefficient (Wildman–Crippen LogP) is 4.09. The third-order valence-corrected chi connectivity index (χ3v) is 6.69. The van der Waals surface area contributed by atoms with Crippen molar-refractivity contribution in [1.29, 1.82) is 5.26 Å². The Morgan fingerprint density at radius 2 is 2.03 bits per heavy atom. The van der Waals surface area contributed by atoms with E-state index in [4.69, 9.17) is 9.47 Å². The average Bonchev–Trinajstić information content (AvgIpc) is 2.84. The number of fused-ring (bicyclic) bond motifs is 1. The summed E-state index contributed by atoms with van der Waals surface area (Å²) in [5, 5.41) is 10.7. The molecule has 2 aliphatic heterocycles. The van der Waals surface area contributed by atoms with Crippen molar-refractivity contribution < 1.29 is 19.1 Å². The second kappa shape index (κ2) is 9.37. The van der Waals surface area contributed by atoms with Crippen LogP contribution in [-0.4, -0.2) is 43.0 Å². The van der Waals surface area contributed by atoms with E-state index in [2.05, 4.69) is 6.07 Å². The Bertz CT molecular complexity index is 1110. The topological polar surface area (TPSA) is 82.9 Å². The minimum absolute atomic E-state index is 0.0211. The first-order valence-electron chi connectivity index (χ1n) is 10.3. The zero-order valence-corrected chi connectivity index (χ0v) is 18.7. The third-order valence-electron chi connectivity index (χ3n) is 5.53. The number of carbonyl (C=O) groups is 2. The molecule has 164 valence electrons. The summed E-state index contributed by atoms with van der Waals surface area (Å²) in [6, 6.07) is 17.0. The summed E-state index contributed by atoms with van der Waals surface area (Å²) in [5.41, 5.74) is 2.90. The summed E-state index contributed by atoms with van der Waals surface area (Å²) in [4.78, 5) is 28.7. The highest BCUT2D eigenvalue weighted by atomic mass is 32.2. The highest BCUT2D eigenvalue weighted by Gasteiger charge is 2.38. The number of esters is 1. The van der Waals surface area contributed by atoms with E-state index in [-0.39, 0.29) is 24.2 Å². The zero-order chi connectivity index (χ0) is 22.7. The molecule has 0 saturated carbocycles. The van der Waals surface area contributed by atoms with Crippen molar-refractivity contribution >= 4 is 29.3 Å². The highest BCUT2D eigenvalue weighted by Crippen LogP contribution is 2.43. The van der Waals surface area contributed by atoms with E-state index in [1.54, 1.807) is 31.1 Å². The summed E-state index contributed by atoms with van der Waals surface area (Å²) in [6.45, 7) is 2.45. The lowest BCUT2D eigenvalue weighted by molar-refractivity contribution is -0.129. The smallest absolute Gasteiger partial charge is 0.338 e. The van der Waals surface area contributed by atoms with E-state index in [0.29, 0.717) is 36.0 Å². The Hall–Kier alpha value is -3.44. The van der Waals surface area contributed by atoms with Crippen LogP contribution in [-0.2, 0) is 9.53 Å². The maximum Gasteiger partial charge on any atom is 0.338 e. The van der Waals surface area contributed by atoms with Gasteiger partial charge in [-0.2, -0.15) is 5.26 Å². The molecule has 0 radical (unpaired) electrons. The van der Waals surface area contributed by atoms with Crippen LogP contribution in [0.1, 0.15) is 35.2 Å². The fourth-order valence-electron chi connectivity index (χ4n) is 3.89. The minimum atomic E-state index is -0.356. The number of methoxy groups -OCH3 is 1. The molecule has 0 N–H and O–H groups in total. The number of benzene rings is 2. The molecular weight excluding hydrogens is 426 g/mol. The number of nitrogens with zero attached hydrogens (tertiary/aromatic N) is 3. The summed E-state index contributed by atoms with van der Waals surface area (Å²) >= 11 is 1.48. The number of anilines is 1. The Morgan fingerprint density at radius 1 is 1.25 bits per heavy atom. The number of hydrogen-bond donors (Lipinski definition) is 0. The molecule has 0 spiro atoms. The van der Waals surface area contributed by atoms with Crippen LogP contribution in [0.2, 0.25) is 0 Å². The minimum Gasteiger partial charge on any atom is -0.497 e. The van der Waals surface area contributed by atoms with Gasteiger partial charge in [-0.3, -0.25) is 9.69 Å². The first kappa shape index (κ1) is 21.8. The van der Waals surface area contributed by atoms with Crippen molar-refractivity contribution in [1.82, 2.24) is 4.90 Å². The van der Waals surface area contributed by atoms with Gasteiger partial charge in [-0.05, 0) is 48.9 Å². The van der Waals surface area contributed by atoms with Gasteiger partial charge in [0.1, 0.15) is 5.75 Å². The van der Waals surface area contributed by atoms with E-state index >= 15 is 0 Å². The molecule has 7 nitrogen and oxygen atoms in total. The molecule has 2 aromatic rings. The highest BCUT2D eigenvalue weighted by molar-refractivity contribution is 8.03. The van der Waals surface area contributed by atoms with Crippen LogP contribution in [0.5, 0.6) is 5.75 Å². The Kier molecular flexibility index (Phi) is 6.37. The molecule has 0 bridgehead atoms. The van der Waals surface area contributed by atoms with Crippen molar-refractivity contribution in [3.63, 3.8) is 0 Å². The molecule has 32 heavy (non-hydrogen) atoms. The molecular formula is C24H23N3O4S. The second-order valence-electron chi connectivity index (χ2n) is 7.41. The number of rotatable bonds is 5. The van der Waals surface area contributed by atoms with Crippen molar-refractivity contribution in [2.45, 2.75) is 19.3 Å². The molecule has 0 aliphatic carbocycles. The molecule has 0 aromatic heterocycles. The Morgan fingerprint density at radius 3 is 2.72 bits per heavy atom. The molecule has 1 atom stereocenters. The number of carbonyl (C=O) groups excluding carboxylic acids is 2. The summed E-state index contributed by atoms with van der Waals surface area (Å²) in [5.74, 6) is 0.636. The van der Waals surface area contributed by atoms with Crippen LogP contribution < -0.4 is 9.64 Å². The molecule has 2 heterocycles. The van der Waals surface area contributed by atoms with Gasteiger partial charge < -0.3 is 14.4 Å². The summed E-state index contributed by atoms with van der Waals surface area (Å²) in [7, 11) is 1.60. The quantitative estimate of drug-likeness (QED) is 0.636. The molecule has 1 saturated heterocycles. The number of hydrogen-bond acceptors (Lipinski definition) is 7. The van der Waals surface area contributed by atoms with Gasteiger partial charge in [-0.1, -0.05) is 23.9 Å². The first-order valence-corrected chi connectivity index (χ1v) is 11.3. The van der Waals surface area contributed by atoms with E-state index in [1.165, 1.54) is 11.8 Å². The van der Waals surface area contributed by atoms with Gasteiger partial charge in [0.2, 0.25) is 5.91 Å². The van der Waals surface area contributed by atoms with Crippen LogP contribution in [0.25, 0.3) is 0 Å². The summed E-state index contributed by atoms with van der Waals surface area (Å²) in [6.07, 6.45) is 0.232. The lowest BCUT2D eigenvalue weighted by Gasteiger charge is -2.42. The van der Waals surface area contributed by atoms with E-state index < -0.39 is 0 Å². The van der Waals surface area contributed by atoms with E-state index in [0.717, 1.165) is 16.3 Å². The van der Waals surface area contributed by atoms with E-state index in [1.807, 2.05) is 41.3 Å². The molecule has 2 aromatic carbocycles. The monoisotopic (exact) mass is 449 g/mol. The maximum absolute atomic E-state index is 13.1. The zero-order valence-electron chi connectivity index (χ0n) is 17.9. The number of ether oxygens (including phenoxy) is 2. The first-order chi connectivity index (χ1) is 15.5. The standard InChI is InChI=1S/C24H23N3O4S/c1-3-31-24(29)16-7-9-18(10-8-16)26-14-27-22(28)12-20(21(13-25)23(27)32-15-26)17-5-4-6-19(11-17)30-2/h4-11,20H,3,12,14-15H2,1-2H3/t20-/m1/s1. The Labute approximate surface area is 191 Å². The van der Waals surface area contributed by atoms with Gasteiger partial charge in [-0.15, -0.1) is 0 Å². The van der Waals surface area contributed by atoms with Gasteiger partial charge >= 0.3 is 5.97 Å². The largest absolute Gasteiger partial charge is 0.497 e. The molecule has 1 fully saturated rings. The number of thioether (sulfide) groups is 1. The van der Waals surface area contributed by atoms with Gasteiger partial charge in [0.25, 0.3) is 0 Å². The lowest BCUT2D eigenvalue weighted by atomic mass is 9.86. The SMILES string of the molecule is CCOC(=O)c1ccc(N2CSC3=C(C#N)[C@@H](c4cccc(OC)c4)CC(=O)N3C2)cc1. The predicted molar refractivity (Wildman–Crippen MR) is 122 cm³/mol.